The molecule has 0 aliphatic heterocycles. The smallest absolute Gasteiger partial charge is 0.0461 e. The van der Waals surface area contributed by atoms with Crippen LogP contribution in [0.3, 0.4) is 0 Å². The average Bonchev–Trinajstić information content (AvgIpc) is 2.51. The Hall–Kier alpha value is -0.0400. The van der Waals surface area contributed by atoms with Crippen molar-refractivity contribution in [2.75, 3.05) is 6.61 Å². The van der Waals surface area contributed by atoms with Gasteiger partial charge in [-0.15, -0.1) is 0 Å². The van der Waals surface area contributed by atoms with Gasteiger partial charge in [0.25, 0.3) is 0 Å². The van der Waals surface area contributed by atoms with Gasteiger partial charge in [0.15, 0.2) is 0 Å². The molecule has 21 heavy (non-hydrogen) atoms. The second-order valence-corrected chi connectivity index (χ2v) is 7.11. The Morgan fingerprint density at radius 1 is 0.667 bits per heavy atom. The van der Waals surface area contributed by atoms with Crippen LogP contribution in [-0.4, -0.2) is 11.7 Å². The van der Waals surface area contributed by atoms with Gasteiger partial charge in [-0.25, -0.2) is 0 Å². The summed E-state index contributed by atoms with van der Waals surface area (Å²) in [6.07, 6.45) is 16.0. The molecule has 1 nitrogen and oxygen atoms in total. The first-order valence-electron chi connectivity index (χ1n) is 9.80. The van der Waals surface area contributed by atoms with Crippen LogP contribution in [-0.2, 0) is 0 Å². The van der Waals surface area contributed by atoms with Crippen molar-refractivity contribution in [1.82, 2.24) is 0 Å². The maximum absolute atomic E-state index is 9.72. The van der Waals surface area contributed by atoms with Crippen LogP contribution >= 0.6 is 0 Å². The Kier molecular flexibility index (Phi) is 14.9. The molecular formula is C20H42O. The quantitative estimate of drug-likeness (QED) is 0.338. The summed E-state index contributed by atoms with van der Waals surface area (Å²) in [5.74, 6) is 2.17. The Morgan fingerprint density at radius 2 is 1.29 bits per heavy atom. The summed E-state index contributed by atoms with van der Waals surface area (Å²) in [7, 11) is 0. The van der Waals surface area contributed by atoms with Crippen LogP contribution in [0.5, 0.6) is 0 Å². The van der Waals surface area contributed by atoms with Crippen molar-refractivity contribution in [3.05, 3.63) is 0 Å². The third-order valence-corrected chi connectivity index (χ3v) is 5.32. The average molecular weight is 299 g/mol. The van der Waals surface area contributed by atoms with Crippen LogP contribution < -0.4 is 0 Å². The van der Waals surface area contributed by atoms with Gasteiger partial charge < -0.3 is 5.11 Å². The highest BCUT2D eigenvalue weighted by molar-refractivity contribution is 4.69. The van der Waals surface area contributed by atoms with Gasteiger partial charge >= 0.3 is 0 Å². The van der Waals surface area contributed by atoms with E-state index in [9.17, 15) is 5.11 Å². The Bertz CT molecular complexity index is 202. The predicted molar refractivity (Wildman–Crippen MR) is 95.7 cm³/mol. The molecule has 128 valence electrons. The van der Waals surface area contributed by atoms with Crippen LogP contribution in [0.15, 0.2) is 0 Å². The highest BCUT2D eigenvalue weighted by atomic mass is 16.3. The Labute approximate surface area is 134 Å². The van der Waals surface area contributed by atoms with E-state index in [-0.39, 0.29) is 0 Å². The van der Waals surface area contributed by atoms with Crippen LogP contribution in [0.1, 0.15) is 105 Å². The molecule has 0 aromatic carbocycles. The third-order valence-electron chi connectivity index (χ3n) is 5.32. The zero-order valence-electron chi connectivity index (χ0n) is 15.4. The van der Waals surface area contributed by atoms with Crippen LogP contribution in [0.25, 0.3) is 0 Å². The van der Waals surface area contributed by atoms with Gasteiger partial charge in [0, 0.05) is 6.61 Å². The molecule has 3 atom stereocenters. The number of aliphatic hydroxyl groups is 1. The lowest BCUT2D eigenvalue weighted by Gasteiger charge is -2.25. The van der Waals surface area contributed by atoms with E-state index in [1.807, 2.05) is 0 Å². The van der Waals surface area contributed by atoms with E-state index in [4.69, 9.17) is 0 Å². The number of hydrogen-bond donors (Lipinski definition) is 1. The molecule has 3 unspecified atom stereocenters. The topological polar surface area (TPSA) is 20.2 Å². The number of aliphatic hydroxyl groups excluding tert-OH is 1. The molecule has 0 fully saturated rings. The van der Waals surface area contributed by atoms with E-state index >= 15 is 0 Å². The number of unbranched alkanes of at least 4 members (excludes halogenated alkanes) is 5. The largest absolute Gasteiger partial charge is 0.396 e. The Morgan fingerprint density at radius 3 is 1.86 bits per heavy atom. The fourth-order valence-corrected chi connectivity index (χ4v) is 3.37. The third kappa shape index (κ3) is 11.2. The molecule has 0 aliphatic carbocycles. The van der Waals surface area contributed by atoms with E-state index in [2.05, 4.69) is 27.7 Å². The van der Waals surface area contributed by atoms with Crippen molar-refractivity contribution >= 4 is 0 Å². The molecule has 0 radical (unpaired) electrons. The molecule has 0 bridgehead atoms. The van der Waals surface area contributed by atoms with Gasteiger partial charge in [0.05, 0.1) is 0 Å². The maximum atomic E-state index is 9.72. The lowest BCUT2D eigenvalue weighted by atomic mass is 9.82. The summed E-state index contributed by atoms with van der Waals surface area (Å²) in [5, 5.41) is 9.72. The van der Waals surface area contributed by atoms with Crippen molar-refractivity contribution in [3.63, 3.8) is 0 Å². The van der Waals surface area contributed by atoms with Gasteiger partial charge in [0.2, 0.25) is 0 Å². The highest BCUT2D eigenvalue weighted by Gasteiger charge is 2.18. The fraction of sp³-hybridized carbons (Fsp3) is 1.00. The van der Waals surface area contributed by atoms with Crippen molar-refractivity contribution in [2.45, 2.75) is 105 Å². The molecule has 1 N–H and O–H groups in total. The van der Waals surface area contributed by atoms with E-state index in [0.717, 1.165) is 11.8 Å². The molecule has 0 rings (SSSR count). The second kappa shape index (κ2) is 14.9. The first-order chi connectivity index (χ1) is 10.2. The molecule has 0 spiro atoms. The fourth-order valence-electron chi connectivity index (χ4n) is 3.37. The Balaban J connectivity index is 3.86. The van der Waals surface area contributed by atoms with Gasteiger partial charge in [-0.3, -0.25) is 0 Å². The van der Waals surface area contributed by atoms with Crippen molar-refractivity contribution in [2.24, 2.45) is 17.8 Å². The molecule has 0 heterocycles. The van der Waals surface area contributed by atoms with E-state index < -0.39 is 0 Å². The molecule has 0 saturated carbocycles. The summed E-state index contributed by atoms with van der Waals surface area (Å²) >= 11 is 0. The summed E-state index contributed by atoms with van der Waals surface area (Å²) in [6.45, 7) is 9.62. The minimum atomic E-state index is 0.400. The zero-order chi connectivity index (χ0) is 15.9. The van der Waals surface area contributed by atoms with Crippen LogP contribution in [0.2, 0.25) is 0 Å². The molecular weight excluding hydrogens is 256 g/mol. The summed E-state index contributed by atoms with van der Waals surface area (Å²) in [4.78, 5) is 0. The monoisotopic (exact) mass is 298 g/mol. The summed E-state index contributed by atoms with van der Waals surface area (Å²) in [5.41, 5.74) is 0. The molecule has 0 aromatic heterocycles. The summed E-state index contributed by atoms with van der Waals surface area (Å²) in [6, 6.07) is 0. The molecule has 1 heteroatoms. The summed E-state index contributed by atoms with van der Waals surface area (Å²) < 4.78 is 0. The van der Waals surface area contributed by atoms with Crippen LogP contribution in [0.4, 0.5) is 0 Å². The minimum Gasteiger partial charge on any atom is -0.396 e. The van der Waals surface area contributed by atoms with Crippen molar-refractivity contribution in [1.29, 1.82) is 0 Å². The second-order valence-electron chi connectivity index (χ2n) is 7.11. The lowest BCUT2D eigenvalue weighted by molar-refractivity contribution is 0.151. The normalized spacial score (nSPS) is 15.9. The van der Waals surface area contributed by atoms with Gasteiger partial charge in [-0.2, -0.15) is 0 Å². The number of hydrogen-bond acceptors (Lipinski definition) is 1. The lowest BCUT2D eigenvalue weighted by Crippen LogP contribution is -2.18. The van der Waals surface area contributed by atoms with Gasteiger partial charge in [-0.1, -0.05) is 98.3 Å². The van der Waals surface area contributed by atoms with E-state index in [1.54, 1.807) is 0 Å². The first kappa shape index (κ1) is 21.0. The minimum absolute atomic E-state index is 0.400. The van der Waals surface area contributed by atoms with Gasteiger partial charge in [-0.05, 0) is 24.2 Å². The van der Waals surface area contributed by atoms with E-state index in [1.165, 1.54) is 77.0 Å². The standard InChI is InChI=1S/C20H42O/c1-5-8-9-10-11-12-15-20(17-21)19(7-3)16-13-14-18(4)6-2/h18-21H,5-17H2,1-4H3. The molecule has 0 aliphatic rings. The zero-order valence-corrected chi connectivity index (χ0v) is 15.4. The molecule has 0 saturated heterocycles. The van der Waals surface area contributed by atoms with E-state index in [0.29, 0.717) is 12.5 Å². The molecule has 0 amide bonds. The van der Waals surface area contributed by atoms with Crippen LogP contribution in [0, 0.1) is 17.8 Å². The van der Waals surface area contributed by atoms with Gasteiger partial charge in [0.1, 0.15) is 0 Å². The maximum Gasteiger partial charge on any atom is 0.0461 e. The highest BCUT2D eigenvalue weighted by Crippen LogP contribution is 2.28. The van der Waals surface area contributed by atoms with Crippen molar-refractivity contribution < 1.29 is 5.11 Å². The molecule has 0 aromatic rings. The number of rotatable bonds is 15. The van der Waals surface area contributed by atoms with Crippen molar-refractivity contribution in [3.8, 4) is 0 Å². The first-order valence-corrected chi connectivity index (χ1v) is 9.80. The predicted octanol–water partition coefficient (Wildman–Crippen LogP) is 6.59. The SMILES string of the molecule is CCCCCCCCC(CO)C(CC)CCCC(C)CC.